The summed E-state index contributed by atoms with van der Waals surface area (Å²) in [5, 5.41) is 12.8. The topological polar surface area (TPSA) is 43.1 Å². The fourth-order valence-electron chi connectivity index (χ4n) is 1.30. The molecular formula is C10H6BrNO2S. The number of halogens is 1. The molecular weight excluding hydrogens is 278 g/mol. The van der Waals surface area contributed by atoms with E-state index in [0.29, 0.717) is 5.56 Å². The van der Waals surface area contributed by atoms with Crippen LogP contribution in [0.1, 0.15) is 0 Å². The third kappa shape index (κ3) is 2.08. The Bertz CT molecular complexity index is 496. The van der Waals surface area contributed by atoms with Gasteiger partial charge in [0.15, 0.2) is 0 Å². The Kier molecular flexibility index (Phi) is 2.83. The summed E-state index contributed by atoms with van der Waals surface area (Å²) in [6.45, 7) is 0. The van der Waals surface area contributed by atoms with Crippen LogP contribution in [0.15, 0.2) is 40.2 Å². The minimum atomic E-state index is -0.361. The molecule has 1 heterocycles. The first-order valence-corrected chi connectivity index (χ1v) is 5.83. The summed E-state index contributed by atoms with van der Waals surface area (Å²) in [5.41, 5.74) is 0.796. The van der Waals surface area contributed by atoms with E-state index in [2.05, 4.69) is 15.9 Å². The maximum absolute atomic E-state index is 10.9. The molecule has 0 atom stereocenters. The van der Waals surface area contributed by atoms with E-state index in [1.807, 2.05) is 23.6 Å². The highest BCUT2D eigenvalue weighted by Gasteiger charge is 2.15. The van der Waals surface area contributed by atoms with Gasteiger partial charge in [-0.15, -0.1) is 11.3 Å². The summed E-state index contributed by atoms with van der Waals surface area (Å²) < 4.78 is 0.717. The van der Waals surface area contributed by atoms with Gasteiger partial charge in [0.1, 0.15) is 0 Å². The Labute approximate surface area is 98.6 Å². The number of thiophene rings is 1. The van der Waals surface area contributed by atoms with Crippen molar-refractivity contribution in [3.05, 3.63) is 50.3 Å². The van der Waals surface area contributed by atoms with Gasteiger partial charge < -0.3 is 0 Å². The van der Waals surface area contributed by atoms with E-state index in [1.165, 1.54) is 17.4 Å². The summed E-state index contributed by atoms with van der Waals surface area (Å²) in [4.78, 5) is 11.4. The first-order chi connectivity index (χ1) is 7.18. The van der Waals surface area contributed by atoms with E-state index in [1.54, 1.807) is 6.07 Å². The van der Waals surface area contributed by atoms with Gasteiger partial charge in [-0.25, -0.2) is 0 Å². The minimum Gasteiger partial charge on any atom is -0.258 e. The van der Waals surface area contributed by atoms with E-state index in [4.69, 9.17) is 0 Å². The number of rotatable bonds is 2. The van der Waals surface area contributed by atoms with Crippen LogP contribution in [0.2, 0.25) is 0 Å². The van der Waals surface area contributed by atoms with Crippen molar-refractivity contribution in [3.63, 3.8) is 0 Å². The predicted molar refractivity (Wildman–Crippen MR) is 64.1 cm³/mol. The van der Waals surface area contributed by atoms with Crippen LogP contribution in [0, 0.1) is 10.1 Å². The summed E-state index contributed by atoms with van der Waals surface area (Å²) >= 11 is 4.72. The highest BCUT2D eigenvalue weighted by atomic mass is 79.9. The van der Waals surface area contributed by atoms with Gasteiger partial charge in [-0.2, -0.15) is 0 Å². The zero-order chi connectivity index (χ0) is 10.8. The molecule has 76 valence electrons. The predicted octanol–water partition coefficient (Wildman–Crippen LogP) is 4.09. The van der Waals surface area contributed by atoms with E-state index in [9.17, 15) is 10.1 Å². The molecule has 0 fully saturated rings. The lowest BCUT2D eigenvalue weighted by molar-refractivity contribution is -0.384. The largest absolute Gasteiger partial charge is 0.279 e. The summed E-state index contributed by atoms with van der Waals surface area (Å²) in [6, 6.07) is 8.85. The molecule has 5 heteroatoms. The van der Waals surface area contributed by atoms with Crippen LogP contribution in [-0.2, 0) is 0 Å². The minimum absolute atomic E-state index is 0.131. The molecule has 2 aromatic rings. The molecule has 0 N–H and O–H groups in total. The Morgan fingerprint density at radius 1 is 1.33 bits per heavy atom. The second kappa shape index (κ2) is 4.12. The van der Waals surface area contributed by atoms with Crippen LogP contribution in [0.3, 0.4) is 0 Å². The zero-order valence-corrected chi connectivity index (χ0v) is 9.92. The Hall–Kier alpha value is -1.20. The number of benzene rings is 1. The van der Waals surface area contributed by atoms with Crippen LogP contribution in [-0.4, -0.2) is 4.92 Å². The Morgan fingerprint density at radius 2 is 2.13 bits per heavy atom. The summed E-state index contributed by atoms with van der Waals surface area (Å²) in [6.07, 6.45) is 0. The molecule has 0 saturated carbocycles. The van der Waals surface area contributed by atoms with Crippen LogP contribution in [0.5, 0.6) is 0 Å². The zero-order valence-electron chi connectivity index (χ0n) is 7.51. The average molecular weight is 284 g/mol. The van der Waals surface area contributed by atoms with Crippen LogP contribution >= 0.6 is 27.3 Å². The molecule has 0 radical (unpaired) electrons. The van der Waals surface area contributed by atoms with Crippen LogP contribution in [0.4, 0.5) is 5.69 Å². The van der Waals surface area contributed by atoms with Gasteiger partial charge in [-0.3, -0.25) is 10.1 Å². The van der Waals surface area contributed by atoms with Crippen LogP contribution in [0.25, 0.3) is 10.4 Å². The number of nitrogens with zero attached hydrogens (tertiary/aromatic N) is 1. The fourth-order valence-corrected chi connectivity index (χ4v) is 2.41. The second-order valence-corrected chi connectivity index (χ2v) is 4.76. The smallest absolute Gasteiger partial charge is 0.258 e. The van der Waals surface area contributed by atoms with E-state index < -0.39 is 0 Å². The average Bonchev–Trinajstić information content (AvgIpc) is 2.70. The first kappa shape index (κ1) is 10.3. The molecule has 2 rings (SSSR count). The van der Waals surface area contributed by atoms with Crippen molar-refractivity contribution in [2.45, 2.75) is 0 Å². The van der Waals surface area contributed by atoms with Gasteiger partial charge in [-0.05, 0) is 23.6 Å². The Morgan fingerprint density at radius 3 is 2.73 bits per heavy atom. The van der Waals surface area contributed by atoms with Gasteiger partial charge in [0, 0.05) is 15.4 Å². The quantitative estimate of drug-likeness (QED) is 0.616. The third-order valence-electron chi connectivity index (χ3n) is 1.94. The molecule has 0 unspecified atom stereocenters. The highest BCUT2D eigenvalue weighted by molar-refractivity contribution is 9.10. The fraction of sp³-hybridized carbons (Fsp3) is 0. The van der Waals surface area contributed by atoms with Gasteiger partial charge in [0.05, 0.1) is 10.5 Å². The molecule has 0 saturated heterocycles. The lowest BCUT2D eigenvalue weighted by Crippen LogP contribution is -1.90. The standard InChI is InChI=1S/C10H6BrNO2S/c11-7-3-4-8(9(6-7)12(13)14)10-2-1-5-15-10/h1-6H. The van der Waals surface area contributed by atoms with Gasteiger partial charge in [0.25, 0.3) is 5.69 Å². The SMILES string of the molecule is O=[N+]([O-])c1cc(Br)ccc1-c1cccs1. The lowest BCUT2D eigenvalue weighted by Gasteiger charge is -2.00. The van der Waals surface area contributed by atoms with Crippen molar-refractivity contribution < 1.29 is 4.92 Å². The molecule has 0 amide bonds. The molecule has 0 aliphatic heterocycles. The molecule has 0 bridgehead atoms. The van der Waals surface area contributed by atoms with Crippen molar-refractivity contribution in [2.24, 2.45) is 0 Å². The summed E-state index contributed by atoms with van der Waals surface area (Å²) in [7, 11) is 0. The number of nitro groups is 1. The van der Waals surface area contributed by atoms with Gasteiger partial charge in [0.2, 0.25) is 0 Å². The van der Waals surface area contributed by atoms with Crippen molar-refractivity contribution in [2.75, 3.05) is 0 Å². The Balaban J connectivity index is 2.61. The van der Waals surface area contributed by atoms with Gasteiger partial charge >= 0.3 is 0 Å². The molecule has 3 nitrogen and oxygen atoms in total. The lowest BCUT2D eigenvalue weighted by atomic mass is 10.1. The molecule has 0 aliphatic rings. The second-order valence-electron chi connectivity index (χ2n) is 2.90. The van der Waals surface area contributed by atoms with Crippen molar-refractivity contribution in [1.29, 1.82) is 0 Å². The summed E-state index contributed by atoms with van der Waals surface area (Å²) in [5.74, 6) is 0. The van der Waals surface area contributed by atoms with Crippen molar-refractivity contribution >= 4 is 33.0 Å². The van der Waals surface area contributed by atoms with E-state index in [-0.39, 0.29) is 10.6 Å². The normalized spacial score (nSPS) is 10.2. The molecule has 0 aliphatic carbocycles. The van der Waals surface area contributed by atoms with E-state index in [0.717, 1.165) is 9.35 Å². The number of nitro benzene ring substituents is 1. The van der Waals surface area contributed by atoms with Crippen LogP contribution < -0.4 is 0 Å². The maximum atomic E-state index is 10.9. The van der Waals surface area contributed by atoms with Crippen molar-refractivity contribution in [1.82, 2.24) is 0 Å². The number of hydrogen-bond donors (Lipinski definition) is 0. The third-order valence-corrected chi connectivity index (χ3v) is 3.34. The molecule has 0 spiro atoms. The maximum Gasteiger partial charge on any atom is 0.279 e. The monoisotopic (exact) mass is 283 g/mol. The molecule has 1 aromatic heterocycles. The highest BCUT2D eigenvalue weighted by Crippen LogP contribution is 2.34. The van der Waals surface area contributed by atoms with E-state index >= 15 is 0 Å². The first-order valence-electron chi connectivity index (χ1n) is 4.16. The molecule has 1 aromatic carbocycles. The van der Waals surface area contributed by atoms with Crippen molar-refractivity contribution in [3.8, 4) is 10.4 Å². The van der Waals surface area contributed by atoms with Gasteiger partial charge in [-0.1, -0.05) is 22.0 Å². The molecule has 15 heavy (non-hydrogen) atoms. The number of hydrogen-bond acceptors (Lipinski definition) is 3.